The number of nitrogens with zero attached hydrogens (tertiary/aromatic N) is 1. The van der Waals surface area contributed by atoms with Crippen LogP contribution >= 0.6 is 0 Å². The Morgan fingerprint density at radius 2 is 1.85 bits per heavy atom. The molecule has 2 amide bonds. The van der Waals surface area contributed by atoms with Gasteiger partial charge in [-0.2, -0.15) is 0 Å². The summed E-state index contributed by atoms with van der Waals surface area (Å²) in [6, 6.07) is 15.2. The van der Waals surface area contributed by atoms with Crippen molar-refractivity contribution in [3.63, 3.8) is 0 Å². The average molecular weight is 368 g/mol. The minimum absolute atomic E-state index is 0.105. The van der Waals surface area contributed by atoms with Gasteiger partial charge in [-0.1, -0.05) is 36.4 Å². The molecule has 0 spiro atoms. The molecule has 6 heteroatoms. The second-order valence-electron chi connectivity index (χ2n) is 6.45. The van der Waals surface area contributed by atoms with Gasteiger partial charge in [-0.3, -0.25) is 9.59 Å². The zero-order chi connectivity index (χ0) is 19.2. The van der Waals surface area contributed by atoms with Crippen LogP contribution in [0.2, 0.25) is 0 Å². The highest BCUT2D eigenvalue weighted by molar-refractivity contribution is 6.00. The number of carbonyl (C=O) groups excluding carboxylic acids is 2. The molecule has 0 bridgehead atoms. The van der Waals surface area contributed by atoms with Crippen LogP contribution in [0.3, 0.4) is 0 Å². The normalized spacial score (nSPS) is 15.9. The largest absolute Gasteiger partial charge is 0.479 e. The summed E-state index contributed by atoms with van der Waals surface area (Å²) in [7, 11) is 1.65. The van der Waals surface area contributed by atoms with Crippen molar-refractivity contribution in [2.45, 2.75) is 32.6 Å². The molecule has 6 nitrogen and oxygen atoms in total. The number of ether oxygens (including phenoxy) is 2. The van der Waals surface area contributed by atoms with Crippen LogP contribution in [0.15, 0.2) is 48.5 Å². The Morgan fingerprint density at radius 3 is 2.63 bits per heavy atom. The molecule has 0 saturated carbocycles. The summed E-state index contributed by atoms with van der Waals surface area (Å²) in [6.45, 7) is 2.97. The van der Waals surface area contributed by atoms with E-state index in [9.17, 15) is 9.59 Å². The van der Waals surface area contributed by atoms with Crippen molar-refractivity contribution in [3.05, 3.63) is 59.7 Å². The number of para-hydroxylation sites is 2. The molecular formula is C21H24N2O4. The van der Waals surface area contributed by atoms with Gasteiger partial charge in [0.25, 0.3) is 5.91 Å². The number of methoxy groups -OCH3 is 1. The summed E-state index contributed by atoms with van der Waals surface area (Å²) < 4.78 is 10.8. The number of fused-ring (bicyclic) bond motifs is 1. The first-order valence-electron chi connectivity index (χ1n) is 8.99. The van der Waals surface area contributed by atoms with E-state index in [1.807, 2.05) is 48.5 Å². The van der Waals surface area contributed by atoms with Crippen molar-refractivity contribution >= 4 is 17.5 Å². The molecule has 0 radical (unpaired) electrons. The van der Waals surface area contributed by atoms with Crippen LogP contribution in [0, 0.1) is 0 Å². The summed E-state index contributed by atoms with van der Waals surface area (Å²) in [4.78, 5) is 26.4. The van der Waals surface area contributed by atoms with Crippen molar-refractivity contribution in [1.82, 2.24) is 5.32 Å². The topological polar surface area (TPSA) is 67.9 Å². The Morgan fingerprint density at radius 1 is 1.15 bits per heavy atom. The first kappa shape index (κ1) is 18.9. The van der Waals surface area contributed by atoms with Gasteiger partial charge in [0.05, 0.1) is 12.3 Å². The Bertz CT molecular complexity index is 821. The van der Waals surface area contributed by atoms with Crippen LogP contribution < -0.4 is 15.0 Å². The van der Waals surface area contributed by atoms with Gasteiger partial charge in [-0.05, 0) is 30.2 Å². The maximum absolute atomic E-state index is 12.5. The van der Waals surface area contributed by atoms with E-state index in [1.54, 1.807) is 18.9 Å². The molecule has 0 saturated heterocycles. The summed E-state index contributed by atoms with van der Waals surface area (Å²) in [5.74, 6) is 0.428. The molecule has 3 rings (SSSR count). The van der Waals surface area contributed by atoms with E-state index < -0.39 is 6.10 Å². The van der Waals surface area contributed by atoms with Crippen molar-refractivity contribution in [3.8, 4) is 5.75 Å². The zero-order valence-electron chi connectivity index (χ0n) is 15.6. The molecule has 1 unspecified atom stereocenters. The summed E-state index contributed by atoms with van der Waals surface area (Å²) in [6.07, 6.45) is -0.330. The van der Waals surface area contributed by atoms with E-state index in [2.05, 4.69) is 5.32 Å². The maximum Gasteiger partial charge on any atom is 0.267 e. The summed E-state index contributed by atoms with van der Waals surface area (Å²) >= 11 is 0. The molecule has 0 aliphatic carbocycles. The number of amides is 2. The van der Waals surface area contributed by atoms with E-state index in [-0.39, 0.29) is 18.2 Å². The molecule has 0 fully saturated rings. The Hall–Kier alpha value is -2.86. The van der Waals surface area contributed by atoms with E-state index in [4.69, 9.17) is 9.47 Å². The van der Waals surface area contributed by atoms with Gasteiger partial charge in [0.2, 0.25) is 5.91 Å². The number of nitrogens with one attached hydrogen (secondary N) is 1. The number of carbonyl (C=O) groups is 2. The van der Waals surface area contributed by atoms with Gasteiger partial charge in [0.1, 0.15) is 5.75 Å². The lowest BCUT2D eigenvalue weighted by molar-refractivity contribution is -0.125. The second-order valence-corrected chi connectivity index (χ2v) is 6.45. The molecule has 2 aromatic carbocycles. The number of benzene rings is 2. The molecule has 1 atom stereocenters. The van der Waals surface area contributed by atoms with Crippen molar-refractivity contribution in [2.24, 2.45) is 0 Å². The van der Waals surface area contributed by atoms with Crippen LogP contribution in [0.4, 0.5) is 5.69 Å². The van der Waals surface area contributed by atoms with Gasteiger partial charge < -0.3 is 19.7 Å². The summed E-state index contributed by atoms with van der Waals surface area (Å²) in [5, 5.41) is 2.92. The zero-order valence-corrected chi connectivity index (χ0v) is 15.6. The lowest BCUT2D eigenvalue weighted by Crippen LogP contribution is -2.45. The smallest absolute Gasteiger partial charge is 0.267 e. The third-order valence-corrected chi connectivity index (χ3v) is 4.53. The van der Waals surface area contributed by atoms with Crippen LogP contribution in [-0.4, -0.2) is 31.6 Å². The Labute approximate surface area is 159 Å². The first-order valence-corrected chi connectivity index (χ1v) is 8.99. The SMILES string of the molecule is COCc1ccccc1CNC(=O)CCN1C(=O)C(C)Oc2ccccc21. The highest BCUT2D eigenvalue weighted by Gasteiger charge is 2.31. The highest BCUT2D eigenvalue weighted by atomic mass is 16.5. The number of hydrogen-bond donors (Lipinski definition) is 1. The van der Waals surface area contributed by atoms with Gasteiger partial charge in [0.15, 0.2) is 6.10 Å². The molecule has 27 heavy (non-hydrogen) atoms. The Balaban J connectivity index is 1.59. The minimum Gasteiger partial charge on any atom is -0.479 e. The van der Waals surface area contributed by atoms with Gasteiger partial charge in [-0.15, -0.1) is 0 Å². The second kappa shape index (κ2) is 8.68. The van der Waals surface area contributed by atoms with Crippen LogP contribution in [0.1, 0.15) is 24.5 Å². The monoisotopic (exact) mass is 368 g/mol. The quantitative estimate of drug-likeness (QED) is 0.816. The number of anilines is 1. The van der Waals surface area contributed by atoms with Crippen molar-refractivity contribution in [2.75, 3.05) is 18.6 Å². The van der Waals surface area contributed by atoms with Gasteiger partial charge in [0, 0.05) is 26.6 Å². The van der Waals surface area contributed by atoms with Crippen LogP contribution in [-0.2, 0) is 27.5 Å². The van der Waals surface area contributed by atoms with E-state index >= 15 is 0 Å². The predicted molar refractivity (Wildman–Crippen MR) is 103 cm³/mol. The lowest BCUT2D eigenvalue weighted by atomic mass is 10.1. The minimum atomic E-state index is -0.552. The van der Waals surface area contributed by atoms with Crippen LogP contribution in [0.5, 0.6) is 5.75 Å². The predicted octanol–water partition coefficient (Wildman–Crippen LogP) is 2.65. The van der Waals surface area contributed by atoms with Gasteiger partial charge >= 0.3 is 0 Å². The van der Waals surface area contributed by atoms with E-state index in [1.165, 1.54) is 0 Å². The van der Waals surface area contributed by atoms with Gasteiger partial charge in [-0.25, -0.2) is 0 Å². The molecule has 1 aliphatic heterocycles. The van der Waals surface area contributed by atoms with Crippen molar-refractivity contribution in [1.29, 1.82) is 0 Å². The van der Waals surface area contributed by atoms with E-state index in [0.29, 0.717) is 31.1 Å². The third-order valence-electron chi connectivity index (χ3n) is 4.53. The standard InChI is InChI=1S/C21H24N2O4/c1-15-21(25)23(18-9-5-6-10-19(18)27-15)12-11-20(24)22-13-16-7-3-4-8-17(16)14-26-2/h3-10,15H,11-14H2,1-2H3,(H,22,24). The average Bonchev–Trinajstić information content (AvgIpc) is 2.68. The Kier molecular flexibility index (Phi) is 6.08. The summed E-state index contributed by atoms with van der Waals surface area (Å²) in [5.41, 5.74) is 2.78. The number of rotatable bonds is 7. The molecule has 1 heterocycles. The lowest BCUT2D eigenvalue weighted by Gasteiger charge is -2.32. The third kappa shape index (κ3) is 4.46. The molecule has 1 N–H and O–H groups in total. The van der Waals surface area contributed by atoms with Crippen molar-refractivity contribution < 1.29 is 19.1 Å². The van der Waals surface area contributed by atoms with Crippen LogP contribution in [0.25, 0.3) is 0 Å². The fraction of sp³-hybridized carbons (Fsp3) is 0.333. The highest BCUT2D eigenvalue weighted by Crippen LogP contribution is 2.33. The molecular weight excluding hydrogens is 344 g/mol. The first-order chi connectivity index (χ1) is 13.1. The molecule has 1 aliphatic rings. The fourth-order valence-corrected chi connectivity index (χ4v) is 3.11. The number of hydrogen-bond acceptors (Lipinski definition) is 4. The maximum atomic E-state index is 12.5. The molecule has 0 aromatic heterocycles. The molecule has 142 valence electrons. The van der Waals surface area contributed by atoms with E-state index in [0.717, 1.165) is 11.1 Å². The fourth-order valence-electron chi connectivity index (χ4n) is 3.11. The molecule has 2 aromatic rings.